The van der Waals surface area contributed by atoms with Crippen molar-refractivity contribution >= 4 is 34.7 Å². The van der Waals surface area contributed by atoms with Crippen molar-refractivity contribution in [3.63, 3.8) is 0 Å². The summed E-state index contributed by atoms with van der Waals surface area (Å²) in [5, 5.41) is 8.70. The number of hydrogen-bond acceptors (Lipinski definition) is 5. The number of ketones is 1. The zero-order valence-corrected chi connectivity index (χ0v) is 12.1. The van der Waals surface area contributed by atoms with Crippen molar-refractivity contribution < 1.29 is 23.9 Å². The van der Waals surface area contributed by atoms with Gasteiger partial charge in [0.05, 0.1) is 16.9 Å². The molecule has 0 atom stereocenters. The van der Waals surface area contributed by atoms with Gasteiger partial charge in [0.15, 0.2) is 5.78 Å². The fourth-order valence-electron chi connectivity index (χ4n) is 2.04. The quantitative estimate of drug-likeness (QED) is 0.691. The minimum absolute atomic E-state index is 0.0687. The number of thioether (sulfide) groups is 1. The normalized spacial score (nSPS) is 16.5. The summed E-state index contributed by atoms with van der Waals surface area (Å²) in [4.78, 5) is 33.9. The Labute approximate surface area is 129 Å². The molecule has 1 aromatic heterocycles. The number of carboxylic acid groups (broad SMARTS) is 1. The predicted octanol–water partition coefficient (Wildman–Crippen LogP) is 3.22. The second-order valence-corrected chi connectivity index (χ2v) is 5.77. The molecule has 22 heavy (non-hydrogen) atoms. The first-order valence-electron chi connectivity index (χ1n) is 6.42. The number of carbonyl (C=O) groups is 3. The van der Waals surface area contributed by atoms with Gasteiger partial charge in [0, 0.05) is 5.56 Å². The molecule has 0 amide bonds. The Hall–Kier alpha value is -2.60. The lowest BCUT2D eigenvalue weighted by atomic mass is 10.1. The number of allylic oxidation sites excluding steroid dienone is 1. The van der Waals surface area contributed by atoms with E-state index >= 15 is 0 Å². The summed E-state index contributed by atoms with van der Waals surface area (Å²) in [7, 11) is 0. The van der Waals surface area contributed by atoms with Crippen molar-refractivity contribution in [2.24, 2.45) is 0 Å². The van der Waals surface area contributed by atoms with Crippen LogP contribution in [0.1, 0.15) is 22.5 Å². The minimum Gasteiger partial charge on any atom is -0.478 e. The average Bonchev–Trinajstić information content (AvgIpc) is 3.06. The van der Waals surface area contributed by atoms with Crippen LogP contribution in [-0.2, 0) is 9.59 Å². The maximum Gasteiger partial charge on any atom is 0.335 e. The van der Waals surface area contributed by atoms with Gasteiger partial charge in [-0.05, 0) is 42.1 Å². The molecule has 1 aliphatic rings. The van der Waals surface area contributed by atoms with Gasteiger partial charge in [-0.25, -0.2) is 4.79 Å². The van der Waals surface area contributed by atoms with Crippen LogP contribution in [0.15, 0.2) is 45.7 Å². The van der Waals surface area contributed by atoms with E-state index in [9.17, 15) is 14.4 Å². The van der Waals surface area contributed by atoms with Gasteiger partial charge < -0.3 is 9.52 Å². The average molecular weight is 314 g/mol. The van der Waals surface area contributed by atoms with Crippen LogP contribution in [0.3, 0.4) is 0 Å². The highest BCUT2D eigenvalue weighted by Crippen LogP contribution is 2.32. The molecule has 1 fully saturated rings. The molecular weight excluding hydrogens is 304 g/mol. The van der Waals surface area contributed by atoms with Gasteiger partial charge in [0.1, 0.15) is 11.5 Å². The van der Waals surface area contributed by atoms with Gasteiger partial charge in [-0.15, -0.1) is 0 Å². The minimum atomic E-state index is -0.988. The van der Waals surface area contributed by atoms with E-state index in [0.717, 1.165) is 17.3 Å². The van der Waals surface area contributed by atoms with Crippen LogP contribution in [0.4, 0.5) is 0 Å². The van der Waals surface area contributed by atoms with Gasteiger partial charge in [-0.3, -0.25) is 9.59 Å². The molecule has 1 aromatic carbocycles. The summed E-state index contributed by atoms with van der Waals surface area (Å²) in [6.07, 6.45) is 1.48. The summed E-state index contributed by atoms with van der Waals surface area (Å²) < 4.78 is 5.61. The highest BCUT2D eigenvalue weighted by Gasteiger charge is 2.26. The van der Waals surface area contributed by atoms with E-state index in [4.69, 9.17) is 9.52 Å². The van der Waals surface area contributed by atoms with Crippen molar-refractivity contribution in [3.05, 3.63) is 52.6 Å². The zero-order chi connectivity index (χ0) is 15.7. The first kappa shape index (κ1) is 14.3. The molecular formula is C16H10O5S. The van der Waals surface area contributed by atoms with Crippen LogP contribution in [0, 0.1) is 0 Å². The van der Waals surface area contributed by atoms with E-state index in [2.05, 4.69) is 0 Å². The van der Waals surface area contributed by atoms with Crippen molar-refractivity contribution in [2.75, 3.05) is 0 Å². The monoisotopic (exact) mass is 314 g/mol. The summed E-state index contributed by atoms with van der Waals surface area (Å²) in [6.45, 7) is 0. The number of rotatable bonds is 3. The van der Waals surface area contributed by atoms with Crippen molar-refractivity contribution in [1.82, 2.24) is 0 Å². The van der Waals surface area contributed by atoms with Crippen molar-refractivity contribution in [1.29, 1.82) is 0 Å². The molecule has 0 spiro atoms. The topological polar surface area (TPSA) is 84.6 Å². The largest absolute Gasteiger partial charge is 0.478 e. The number of carboxylic acids is 1. The Morgan fingerprint density at radius 3 is 2.45 bits per heavy atom. The lowest BCUT2D eigenvalue weighted by Gasteiger charge is -1.98. The van der Waals surface area contributed by atoms with Gasteiger partial charge in [-0.1, -0.05) is 12.1 Å². The maximum atomic E-state index is 11.6. The van der Waals surface area contributed by atoms with Crippen LogP contribution in [-0.4, -0.2) is 22.0 Å². The van der Waals surface area contributed by atoms with E-state index in [1.165, 1.54) is 12.1 Å². The number of carbonyl (C=O) groups excluding carboxylic acids is 2. The van der Waals surface area contributed by atoms with E-state index in [1.807, 2.05) is 0 Å². The molecule has 0 aliphatic carbocycles. The van der Waals surface area contributed by atoms with Crippen molar-refractivity contribution in [2.45, 2.75) is 6.42 Å². The molecule has 1 aliphatic heterocycles. The molecule has 1 N–H and O–H groups in total. The standard InChI is InChI=1S/C16H10O5S/c17-12-8-15(18)22-14(12)7-11-5-6-13(21-11)9-1-3-10(4-2-9)16(19)20/h1-7H,8H2,(H,19,20)/b14-7-. The third-order valence-electron chi connectivity index (χ3n) is 3.12. The van der Waals surface area contributed by atoms with Gasteiger partial charge in [0.2, 0.25) is 5.12 Å². The summed E-state index contributed by atoms with van der Waals surface area (Å²) in [5.41, 5.74) is 0.931. The molecule has 2 heterocycles. The Bertz CT molecular complexity index is 798. The molecule has 2 aromatic rings. The molecule has 3 rings (SSSR count). The molecule has 0 unspecified atom stereocenters. The van der Waals surface area contributed by atoms with Crippen LogP contribution in [0.5, 0.6) is 0 Å². The summed E-state index contributed by atoms with van der Waals surface area (Å²) >= 11 is 0.926. The number of aromatic carboxylic acids is 1. The molecule has 0 bridgehead atoms. The molecule has 0 saturated carbocycles. The fraction of sp³-hybridized carbons (Fsp3) is 0.0625. The fourth-order valence-corrected chi connectivity index (χ4v) is 2.85. The lowest BCUT2D eigenvalue weighted by molar-refractivity contribution is -0.119. The Kier molecular flexibility index (Phi) is 3.68. The molecule has 6 heteroatoms. The Morgan fingerprint density at radius 2 is 1.86 bits per heavy atom. The number of hydrogen-bond donors (Lipinski definition) is 1. The van der Waals surface area contributed by atoms with E-state index in [-0.39, 0.29) is 22.9 Å². The number of furan rings is 1. The predicted molar refractivity (Wildman–Crippen MR) is 81.3 cm³/mol. The first-order chi connectivity index (χ1) is 10.5. The Balaban J connectivity index is 1.85. The van der Waals surface area contributed by atoms with E-state index in [0.29, 0.717) is 16.4 Å². The highest BCUT2D eigenvalue weighted by atomic mass is 32.2. The molecule has 110 valence electrons. The van der Waals surface area contributed by atoms with Gasteiger partial charge in [-0.2, -0.15) is 0 Å². The third-order valence-corrected chi connectivity index (χ3v) is 4.06. The third kappa shape index (κ3) is 2.87. The smallest absolute Gasteiger partial charge is 0.335 e. The second kappa shape index (κ2) is 5.65. The van der Waals surface area contributed by atoms with Crippen LogP contribution < -0.4 is 0 Å². The molecule has 1 saturated heterocycles. The highest BCUT2D eigenvalue weighted by molar-refractivity contribution is 8.18. The van der Waals surface area contributed by atoms with E-state index < -0.39 is 5.97 Å². The molecule has 5 nitrogen and oxygen atoms in total. The SMILES string of the molecule is O=C1CC(=O)/C(=C/c2ccc(-c3ccc(C(=O)O)cc3)o2)S1. The number of benzene rings is 1. The van der Waals surface area contributed by atoms with E-state index in [1.54, 1.807) is 30.3 Å². The van der Waals surface area contributed by atoms with Crippen molar-refractivity contribution in [3.8, 4) is 11.3 Å². The lowest BCUT2D eigenvalue weighted by Crippen LogP contribution is -1.94. The number of Topliss-reactive ketones (excluding diaryl/α,β-unsaturated/α-hetero) is 1. The maximum absolute atomic E-state index is 11.6. The summed E-state index contributed by atoms with van der Waals surface area (Å²) in [6, 6.07) is 9.72. The van der Waals surface area contributed by atoms with Gasteiger partial charge >= 0.3 is 5.97 Å². The van der Waals surface area contributed by atoms with Crippen LogP contribution in [0.25, 0.3) is 17.4 Å². The zero-order valence-electron chi connectivity index (χ0n) is 11.2. The first-order valence-corrected chi connectivity index (χ1v) is 7.24. The summed E-state index contributed by atoms with van der Waals surface area (Å²) in [5.74, 6) is -0.148. The van der Waals surface area contributed by atoms with Crippen LogP contribution in [0.2, 0.25) is 0 Å². The molecule has 0 radical (unpaired) electrons. The van der Waals surface area contributed by atoms with Gasteiger partial charge in [0.25, 0.3) is 0 Å². The van der Waals surface area contributed by atoms with Crippen LogP contribution >= 0.6 is 11.8 Å². The second-order valence-electron chi connectivity index (χ2n) is 4.67. The Morgan fingerprint density at radius 1 is 1.14 bits per heavy atom.